The molecule has 0 saturated heterocycles. The molecule has 20 heavy (non-hydrogen) atoms. The summed E-state index contributed by atoms with van der Waals surface area (Å²) in [6.45, 7) is 5.49. The summed E-state index contributed by atoms with van der Waals surface area (Å²) in [4.78, 5) is 12.3. The molecule has 0 amide bonds. The summed E-state index contributed by atoms with van der Waals surface area (Å²) in [5.41, 5.74) is 0. The Morgan fingerprint density at radius 1 is 0.850 bits per heavy atom. The molecule has 0 unspecified atom stereocenters. The van der Waals surface area contributed by atoms with E-state index in [1.165, 1.54) is 44.9 Å². The van der Waals surface area contributed by atoms with Gasteiger partial charge in [-0.25, -0.2) is 0 Å². The van der Waals surface area contributed by atoms with E-state index in [1.807, 2.05) is 0 Å². The molecule has 0 fully saturated rings. The Kier molecular flexibility index (Phi) is 26.4. The molecule has 0 radical (unpaired) electrons. The second kappa shape index (κ2) is 21.2. The van der Waals surface area contributed by atoms with E-state index in [0.29, 0.717) is 6.42 Å². The van der Waals surface area contributed by atoms with Gasteiger partial charge in [0.05, 0.1) is 0 Å². The van der Waals surface area contributed by atoms with Gasteiger partial charge in [0.1, 0.15) is 0 Å². The Labute approximate surface area is 136 Å². The predicted molar refractivity (Wildman–Crippen MR) is 94.0 cm³/mol. The van der Waals surface area contributed by atoms with Crippen molar-refractivity contribution in [3.63, 3.8) is 0 Å². The molecule has 124 valence electrons. The summed E-state index contributed by atoms with van der Waals surface area (Å²) in [5.74, 6) is -0.659. The van der Waals surface area contributed by atoms with Crippen molar-refractivity contribution in [1.29, 1.82) is 0 Å². The molecule has 0 bridgehead atoms. The topological polar surface area (TPSA) is 40.5 Å². The number of halogens is 1. The molecule has 0 saturated carbocycles. The number of carboxylic acids is 1. The summed E-state index contributed by atoms with van der Waals surface area (Å²) in [5, 5.41) is 8.41. The first kappa shape index (κ1) is 24.9. The third kappa shape index (κ3) is 30.7. The largest absolute Gasteiger partial charge is 0.481 e. The van der Waals surface area contributed by atoms with E-state index < -0.39 is 5.97 Å². The first-order valence-electron chi connectivity index (χ1n) is 7.91. The lowest BCUT2D eigenvalue weighted by Gasteiger charge is -2.00. The minimum Gasteiger partial charge on any atom is -0.481 e. The summed E-state index contributed by atoms with van der Waals surface area (Å²) in [6, 6.07) is 0. The molecular formula is C16H36BrNO2. The number of hydrogen-bond donors (Lipinski definition) is 1. The van der Waals surface area contributed by atoms with Crippen LogP contribution in [0.5, 0.6) is 0 Å². The van der Waals surface area contributed by atoms with E-state index in [1.54, 1.807) is 0 Å². The standard InChI is InChI=1S/C12H24O2.C4H11N.BrH/c1-2-3-4-5-6-7-8-9-10-11-12(13)14;1-4-5(2)3;/h2-11H2,1H3,(H,13,14);4H2,1-3H3;1H. The van der Waals surface area contributed by atoms with Crippen LogP contribution in [0, 0.1) is 0 Å². The van der Waals surface area contributed by atoms with Crippen LogP contribution in [-0.4, -0.2) is 36.6 Å². The predicted octanol–water partition coefficient (Wildman–Crippen LogP) is 5.14. The molecule has 3 nitrogen and oxygen atoms in total. The van der Waals surface area contributed by atoms with E-state index in [2.05, 4.69) is 32.8 Å². The Hall–Kier alpha value is -0.0900. The lowest BCUT2D eigenvalue weighted by molar-refractivity contribution is -0.137. The van der Waals surface area contributed by atoms with Gasteiger partial charge in [-0.1, -0.05) is 65.2 Å². The molecule has 0 aromatic heterocycles. The minimum absolute atomic E-state index is 0. The molecule has 0 spiro atoms. The van der Waals surface area contributed by atoms with E-state index >= 15 is 0 Å². The van der Waals surface area contributed by atoms with Crippen LogP contribution in [0.3, 0.4) is 0 Å². The maximum absolute atomic E-state index is 10.2. The van der Waals surface area contributed by atoms with Gasteiger partial charge >= 0.3 is 5.97 Å². The number of nitrogens with zero attached hydrogens (tertiary/aromatic N) is 1. The Balaban J connectivity index is -0.000000414. The summed E-state index contributed by atoms with van der Waals surface area (Å²) in [6.07, 6.45) is 11.5. The van der Waals surface area contributed by atoms with Gasteiger partial charge in [0.2, 0.25) is 0 Å². The summed E-state index contributed by atoms with van der Waals surface area (Å²) in [7, 11) is 4.11. The van der Waals surface area contributed by atoms with Gasteiger partial charge in [0.25, 0.3) is 0 Å². The van der Waals surface area contributed by atoms with Crippen molar-refractivity contribution in [3.8, 4) is 0 Å². The third-order valence-corrected chi connectivity index (χ3v) is 3.13. The second-order valence-corrected chi connectivity index (χ2v) is 5.37. The first-order chi connectivity index (χ1) is 9.04. The van der Waals surface area contributed by atoms with Crippen LogP contribution in [0.15, 0.2) is 0 Å². The molecular weight excluding hydrogens is 318 g/mol. The van der Waals surface area contributed by atoms with Crippen LogP contribution in [0.4, 0.5) is 0 Å². The van der Waals surface area contributed by atoms with E-state index in [9.17, 15) is 4.79 Å². The molecule has 0 aromatic carbocycles. The van der Waals surface area contributed by atoms with Gasteiger partial charge in [-0.3, -0.25) is 4.79 Å². The van der Waals surface area contributed by atoms with Crippen LogP contribution >= 0.6 is 17.0 Å². The molecule has 0 aliphatic heterocycles. The first-order valence-corrected chi connectivity index (χ1v) is 7.91. The van der Waals surface area contributed by atoms with Gasteiger partial charge in [-0.15, -0.1) is 17.0 Å². The van der Waals surface area contributed by atoms with E-state index in [4.69, 9.17) is 5.11 Å². The lowest BCUT2D eigenvalue weighted by atomic mass is 10.1. The van der Waals surface area contributed by atoms with Crippen LogP contribution in [0.2, 0.25) is 0 Å². The highest BCUT2D eigenvalue weighted by Crippen LogP contribution is 2.10. The second-order valence-electron chi connectivity index (χ2n) is 5.37. The van der Waals surface area contributed by atoms with Crippen molar-refractivity contribution in [2.24, 2.45) is 0 Å². The van der Waals surface area contributed by atoms with Crippen molar-refractivity contribution in [3.05, 3.63) is 0 Å². The molecule has 4 heteroatoms. The average molecular weight is 354 g/mol. The Morgan fingerprint density at radius 2 is 1.20 bits per heavy atom. The number of unbranched alkanes of at least 4 members (excludes halogenated alkanes) is 8. The third-order valence-electron chi connectivity index (χ3n) is 3.13. The zero-order valence-electron chi connectivity index (χ0n) is 14.0. The molecule has 0 heterocycles. The number of rotatable bonds is 11. The van der Waals surface area contributed by atoms with Gasteiger partial charge in [0, 0.05) is 6.42 Å². The normalized spacial score (nSPS) is 9.65. The zero-order valence-corrected chi connectivity index (χ0v) is 15.7. The summed E-state index contributed by atoms with van der Waals surface area (Å²) >= 11 is 0. The van der Waals surface area contributed by atoms with Crippen molar-refractivity contribution >= 4 is 23.0 Å². The van der Waals surface area contributed by atoms with Crippen molar-refractivity contribution in [2.75, 3.05) is 20.6 Å². The Morgan fingerprint density at radius 3 is 1.50 bits per heavy atom. The van der Waals surface area contributed by atoms with Crippen LogP contribution in [-0.2, 0) is 4.79 Å². The molecule has 0 aliphatic rings. The molecule has 0 aliphatic carbocycles. The fraction of sp³-hybridized carbons (Fsp3) is 0.938. The Bertz CT molecular complexity index is 187. The number of hydrogen-bond acceptors (Lipinski definition) is 2. The van der Waals surface area contributed by atoms with Crippen LogP contribution in [0.1, 0.15) is 78.1 Å². The quantitative estimate of drug-likeness (QED) is 0.523. The van der Waals surface area contributed by atoms with Gasteiger partial charge in [-0.2, -0.15) is 0 Å². The highest BCUT2D eigenvalue weighted by molar-refractivity contribution is 8.93. The maximum Gasteiger partial charge on any atom is 0.303 e. The monoisotopic (exact) mass is 353 g/mol. The summed E-state index contributed by atoms with van der Waals surface area (Å²) < 4.78 is 0. The SMILES string of the molecule is Br.CCCCCCCCCCCC(=O)O.CCN(C)C. The van der Waals surface area contributed by atoms with Crippen molar-refractivity contribution < 1.29 is 9.90 Å². The van der Waals surface area contributed by atoms with Gasteiger partial charge in [0.15, 0.2) is 0 Å². The van der Waals surface area contributed by atoms with Gasteiger partial charge < -0.3 is 10.0 Å². The highest BCUT2D eigenvalue weighted by atomic mass is 79.9. The zero-order chi connectivity index (χ0) is 14.9. The number of carbonyl (C=O) groups is 1. The van der Waals surface area contributed by atoms with E-state index in [0.717, 1.165) is 19.4 Å². The fourth-order valence-electron chi connectivity index (χ4n) is 1.59. The van der Waals surface area contributed by atoms with Crippen molar-refractivity contribution in [1.82, 2.24) is 4.90 Å². The molecule has 0 rings (SSSR count). The fourth-order valence-corrected chi connectivity index (χ4v) is 1.59. The number of aliphatic carboxylic acids is 1. The minimum atomic E-state index is -0.659. The van der Waals surface area contributed by atoms with Crippen LogP contribution < -0.4 is 0 Å². The average Bonchev–Trinajstić information content (AvgIpc) is 2.37. The molecule has 1 N–H and O–H groups in total. The van der Waals surface area contributed by atoms with E-state index in [-0.39, 0.29) is 17.0 Å². The number of carboxylic acid groups (broad SMARTS) is 1. The smallest absolute Gasteiger partial charge is 0.303 e. The highest BCUT2D eigenvalue weighted by Gasteiger charge is 1.96. The van der Waals surface area contributed by atoms with Crippen LogP contribution in [0.25, 0.3) is 0 Å². The van der Waals surface area contributed by atoms with Gasteiger partial charge in [-0.05, 0) is 27.1 Å². The molecule has 0 atom stereocenters. The maximum atomic E-state index is 10.2. The van der Waals surface area contributed by atoms with Crippen molar-refractivity contribution in [2.45, 2.75) is 78.1 Å². The molecule has 0 aromatic rings. The lowest BCUT2D eigenvalue weighted by Crippen LogP contribution is -2.08.